The first kappa shape index (κ1) is 26.4. The number of hydrogen-bond donors (Lipinski definition) is 2. The number of aromatic nitrogens is 2. The summed E-state index contributed by atoms with van der Waals surface area (Å²) < 4.78 is 81.3. The quantitative estimate of drug-likeness (QED) is 0.404. The minimum absolute atomic E-state index is 0.0550. The van der Waals surface area contributed by atoms with Crippen LogP contribution < -0.4 is 10.6 Å². The Labute approximate surface area is 209 Å². The SMILES string of the molecule is N#CC1(NC(=O)C(CS(=O)(=O)Cc2cnc3ccccc3n2)N[C@H](c2ccc(F)cc2)C(F)(F)F)CC1. The fourth-order valence-electron chi connectivity index (χ4n) is 3.75. The Morgan fingerprint density at radius 2 is 1.76 bits per heavy atom. The number of nitriles is 1. The number of alkyl halides is 3. The number of nitrogens with zero attached hydrogens (tertiary/aromatic N) is 3. The zero-order valence-electron chi connectivity index (χ0n) is 19.2. The lowest BCUT2D eigenvalue weighted by Crippen LogP contribution is -2.54. The minimum Gasteiger partial charge on any atom is -0.336 e. The van der Waals surface area contributed by atoms with Crippen LogP contribution in [0.2, 0.25) is 0 Å². The van der Waals surface area contributed by atoms with Crippen molar-refractivity contribution in [3.05, 3.63) is 71.8 Å². The molecule has 0 saturated heterocycles. The van der Waals surface area contributed by atoms with Crippen molar-refractivity contribution in [1.82, 2.24) is 20.6 Å². The third kappa shape index (κ3) is 6.58. The van der Waals surface area contributed by atoms with Crippen LogP contribution in [0.15, 0.2) is 54.7 Å². The molecule has 1 fully saturated rings. The van der Waals surface area contributed by atoms with Gasteiger partial charge in [-0.2, -0.15) is 18.4 Å². The molecule has 0 aliphatic heterocycles. The van der Waals surface area contributed by atoms with Crippen molar-refractivity contribution >= 4 is 26.8 Å². The van der Waals surface area contributed by atoms with Gasteiger partial charge < -0.3 is 5.32 Å². The molecule has 37 heavy (non-hydrogen) atoms. The number of nitrogens with one attached hydrogen (secondary N) is 2. The van der Waals surface area contributed by atoms with Crippen molar-refractivity contribution in [2.75, 3.05) is 5.75 Å². The summed E-state index contributed by atoms with van der Waals surface area (Å²) in [5, 5.41) is 13.7. The molecule has 1 saturated carbocycles. The van der Waals surface area contributed by atoms with E-state index in [1.807, 2.05) is 6.07 Å². The number of benzene rings is 2. The maximum Gasteiger partial charge on any atom is 0.407 e. The highest BCUT2D eigenvalue weighted by Gasteiger charge is 2.48. The van der Waals surface area contributed by atoms with E-state index in [9.17, 15) is 36.0 Å². The number of sulfone groups is 1. The van der Waals surface area contributed by atoms with Gasteiger partial charge in [0, 0.05) is 0 Å². The van der Waals surface area contributed by atoms with E-state index in [0.717, 1.165) is 24.3 Å². The van der Waals surface area contributed by atoms with Crippen molar-refractivity contribution in [2.24, 2.45) is 0 Å². The Morgan fingerprint density at radius 3 is 2.35 bits per heavy atom. The molecule has 1 aliphatic carbocycles. The van der Waals surface area contributed by atoms with E-state index >= 15 is 0 Å². The van der Waals surface area contributed by atoms with E-state index in [1.54, 1.807) is 24.3 Å². The van der Waals surface area contributed by atoms with Crippen molar-refractivity contribution in [1.29, 1.82) is 5.26 Å². The highest BCUT2D eigenvalue weighted by atomic mass is 32.2. The van der Waals surface area contributed by atoms with Gasteiger partial charge in [0.15, 0.2) is 9.84 Å². The van der Waals surface area contributed by atoms with Gasteiger partial charge in [-0.3, -0.25) is 15.1 Å². The third-order valence-electron chi connectivity index (χ3n) is 5.83. The number of amides is 1. The third-order valence-corrected chi connectivity index (χ3v) is 7.41. The second-order valence-electron chi connectivity index (χ2n) is 8.83. The van der Waals surface area contributed by atoms with Crippen LogP contribution >= 0.6 is 0 Å². The fraction of sp³-hybridized carbons (Fsp3) is 0.333. The van der Waals surface area contributed by atoms with Crippen molar-refractivity contribution in [3.8, 4) is 6.07 Å². The molecule has 194 valence electrons. The Kier molecular flexibility index (Phi) is 7.16. The zero-order valence-corrected chi connectivity index (χ0v) is 20.0. The predicted octanol–water partition coefficient (Wildman–Crippen LogP) is 3.12. The van der Waals surface area contributed by atoms with Gasteiger partial charge in [0.1, 0.15) is 23.4 Å². The highest BCUT2D eigenvalue weighted by Crippen LogP contribution is 2.36. The summed E-state index contributed by atoms with van der Waals surface area (Å²) in [6, 6.07) is 7.72. The molecule has 0 spiro atoms. The molecule has 2 atom stereocenters. The average Bonchev–Trinajstić information content (AvgIpc) is 3.61. The Morgan fingerprint density at radius 1 is 1.11 bits per heavy atom. The van der Waals surface area contributed by atoms with Gasteiger partial charge in [-0.05, 0) is 42.7 Å². The van der Waals surface area contributed by atoms with Crippen LogP contribution in [0.1, 0.15) is 30.1 Å². The maximum absolute atomic E-state index is 14.0. The van der Waals surface area contributed by atoms with Crippen LogP contribution in [0, 0.1) is 17.1 Å². The maximum atomic E-state index is 14.0. The van der Waals surface area contributed by atoms with E-state index in [4.69, 9.17) is 0 Å². The van der Waals surface area contributed by atoms with Crippen LogP contribution in [0.25, 0.3) is 11.0 Å². The number of halogens is 4. The topological polar surface area (TPSA) is 125 Å². The monoisotopic (exact) mass is 535 g/mol. The van der Waals surface area contributed by atoms with Gasteiger partial charge in [-0.25, -0.2) is 17.8 Å². The second-order valence-corrected chi connectivity index (χ2v) is 10.9. The lowest BCUT2D eigenvalue weighted by atomic mass is 10.0. The summed E-state index contributed by atoms with van der Waals surface area (Å²) in [6.07, 6.45) is -3.12. The second kappa shape index (κ2) is 10.0. The summed E-state index contributed by atoms with van der Waals surface area (Å²) in [6.45, 7) is 0. The average molecular weight is 536 g/mol. The van der Waals surface area contributed by atoms with Crippen LogP contribution in [0.3, 0.4) is 0 Å². The normalized spacial score (nSPS) is 16.5. The summed E-state index contributed by atoms with van der Waals surface area (Å²) in [7, 11) is -4.21. The molecule has 3 aromatic rings. The molecular weight excluding hydrogens is 514 g/mol. The number of hydrogen-bond acceptors (Lipinski definition) is 7. The standard InChI is InChI=1S/C24H21F4N5O3S/c25-16-7-5-15(6-8-16)21(24(26,27)28)32-20(22(34)33-23(14-29)9-10-23)13-37(35,36)12-17-11-30-18-3-1-2-4-19(18)31-17/h1-8,11,20-21,32H,9-10,12-13H2,(H,33,34)/t20?,21-/m1/s1. The highest BCUT2D eigenvalue weighted by molar-refractivity contribution is 7.90. The van der Waals surface area contributed by atoms with Crippen LogP contribution in [-0.2, 0) is 20.4 Å². The van der Waals surface area contributed by atoms with E-state index in [0.29, 0.717) is 23.9 Å². The lowest BCUT2D eigenvalue weighted by molar-refractivity contribution is -0.160. The van der Waals surface area contributed by atoms with Crippen molar-refractivity contribution in [3.63, 3.8) is 0 Å². The van der Waals surface area contributed by atoms with Crippen molar-refractivity contribution < 1.29 is 30.8 Å². The summed E-state index contributed by atoms with van der Waals surface area (Å²) in [5.74, 6) is -3.51. The molecule has 1 unspecified atom stereocenters. The molecule has 1 heterocycles. The van der Waals surface area contributed by atoms with Gasteiger partial charge in [0.25, 0.3) is 0 Å². The van der Waals surface area contributed by atoms with Gasteiger partial charge in [-0.1, -0.05) is 24.3 Å². The molecule has 2 N–H and O–H groups in total. The molecule has 2 aromatic carbocycles. The molecule has 4 rings (SSSR count). The van der Waals surface area contributed by atoms with Gasteiger partial charge >= 0.3 is 6.18 Å². The van der Waals surface area contributed by atoms with Gasteiger partial charge in [0.05, 0.1) is 40.5 Å². The molecule has 0 radical (unpaired) electrons. The van der Waals surface area contributed by atoms with Gasteiger partial charge in [0.2, 0.25) is 5.91 Å². The Hall–Kier alpha value is -3.63. The fourth-order valence-corrected chi connectivity index (χ4v) is 5.21. The molecule has 0 bridgehead atoms. The first-order chi connectivity index (χ1) is 17.4. The number of para-hydroxylation sites is 2. The number of rotatable bonds is 9. The van der Waals surface area contributed by atoms with Gasteiger partial charge in [-0.15, -0.1) is 0 Å². The van der Waals surface area contributed by atoms with E-state index in [2.05, 4.69) is 20.6 Å². The smallest absolute Gasteiger partial charge is 0.336 e. The van der Waals surface area contributed by atoms with E-state index < -0.39 is 62.4 Å². The Balaban J connectivity index is 1.61. The summed E-state index contributed by atoms with van der Waals surface area (Å²) >= 11 is 0. The van der Waals surface area contributed by atoms with E-state index in [1.165, 1.54) is 6.20 Å². The van der Waals surface area contributed by atoms with E-state index in [-0.39, 0.29) is 5.69 Å². The van der Waals surface area contributed by atoms with Crippen molar-refractivity contribution in [2.45, 2.75) is 42.4 Å². The summed E-state index contributed by atoms with van der Waals surface area (Å²) in [4.78, 5) is 21.3. The molecule has 8 nitrogen and oxygen atoms in total. The molecule has 13 heteroatoms. The lowest BCUT2D eigenvalue weighted by Gasteiger charge is -2.28. The zero-order chi connectivity index (χ0) is 26.8. The molecular formula is C24H21F4N5O3S. The Bertz CT molecular complexity index is 1450. The minimum atomic E-state index is -4.95. The number of carbonyl (C=O) groups excluding carboxylic acids is 1. The van der Waals surface area contributed by atoms with Crippen LogP contribution in [0.5, 0.6) is 0 Å². The first-order valence-electron chi connectivity index (χ1n) is 11.1. The largest absolute Gasteiger partial charge is 0.407 e. The molecule has 1 aromatic heterocycles. The number of carbonyl (C=O) groups is 1. The molecule has 1 amide bonds. The summed E-state index contributed by atoms with van der Waals surface area (Å²) in [5.41, 5.74) is -0.638. The first-order valence-corrected chi connectivity index (χ1v) is 12.9. The van der Waals surface area contributed by atoms with Crippen LogP contribution in [0.4, 0.5) is 17.6 Å². The predicted molar refractivity (Wildman–Crippen MR) is 125 cm³/mol. The van der Waals surface area contributed by atoms with Crippen LogP contribution in [-0.4, -0.2) is 47.8 Å². The number of fused-ring (bicyclic) bond motifs is 1. The molecule has 1 aliphatic rings.